The van der Waals surface area contributed by atoms with Crippen LogP contribution in [0.5, 0.6) is 0 Å². The van der Waals surface area contributed by atoms with Crippen LogP contribution in [-0.2, 0) is 9.84 Å². The Kier molecular flexibility index (Phi) is 6.10. The van der Waals surface area contributed by atoms with E-state index in [9.17, 15) is 13.2 Å². The molecule has 1 heterocycles. The molecule has 3 aromatic carbocycles. The second kappa shape index (κ2) is 8.84. The van der Waals surface area contributed by atoms with Crippen molar-refractivity contribution >= 4 is 43.3 Å². The summed E-state index contributed by atoms with van der Waals surface area (Å²) >= 11 is 1.06. The van der Waals surface area contributed by atoms with Gasteiger partial charge >= 0.3 is 0 Å². The van der Waals surface area contributed by atoms with Crippen LogP contribution in [0.25, 0.3) is 0 Å². The van der Waals surface area contributed by atoms with E-state index in [1.165, 1.54) is 0 Å². The zero-order valence-electron chi connectivity index (χ0n) is 18.5. The molecule has 7 heteroatoms. The first-order chi connectivity index (χ1) is 15.7. The van der Waals surface area contributed by atoms with Gasteiger partial charge in [0.1, 0.15) is 14.8 Å². The lowest BCUT2D eigenvalue weighted by atomic mass is 10.1. The highest BCUT2D eigenvalue weighted by Crippen LogP contribution is 2.45. The molecule has 0 saturated carbocycles. The summed E-state index contributed by atoms with van der Waals surface area (Å²) in [7, 11) is -4.02. The molecule has 0 aliphatic heterocycles. The fourth-order valence-corrected chi connectivity index (χ4v) is 7.39. The molecule has 0 fully saturated rings. The fourth-order valence-electron chi connectivity index (χ4n) is 4.01. The number of nitrogens with two attached hydrogens (primary N) is 1. The molecule has 5 nitrogen and oxygen atoms in total. The summed E-state index contributed by atoms with van der Waals surface area (Å²) in [5, 5.41) is 3.49. The third-order valence-corrected chi connectivity index (χ3v) is 8.71. The Morgan fingerprint density at radius 3 is 1.97 bits per heavy atom. The number of hydrogen-bond donors (Lipinski definition) is 2. The highest BCUT2D eigenvalue weighted by atomic mass is 32.2. The van der Waals surface area contributed by atoms with Crippen molar-refractivity contribution in [2.75, 3.05) is 11.1 Å². The van der Waals surface area contributed by atoms with E-state index in [-0.39, 0.29) is 26.1 Å². The van der Waals surface area contributed by atoms with Gasteiger partial charge in [-0.2, -0.15) is 0 Å². The third kappa shape index (κ3) is 4.29. The maximum Gasteiger partial charge on any atom is 0.212 e. The van der Waals surface area contributed by atoms with Crippen LogP contribution in [0.4, 0.5) is 16.4 Å². The maximum absolute atomic E-state index is 14.0. The zero-order chi connectivity index (χ0) is 23.8. The minimum Gasteiger partial charge on any atom is -0.396 e. The molecule has 0 saturated heterocycles. The zero-order valence-corrected chi connectivity index (χ0v) is 20.2. The number of sulfone groups is 1. The van der Waals surface area contributed by atoms with Crippen LogP contribution in [-0.4, -0.2) is 14.2 Å². The molecule has 4 aromatic rings. The highest BCUT2D eigenvalue weighted by Gasteiger charge is 2.33. The number of carbonyl (C=O) groups is 1. The number of nitrogens with one attached hydrogen (secondary N) is 1. The summed E-state index contributed by atoms with van der Waals surface area (Å²) in [6.07, 6.45) is 0. The van der Waals surface area contributed by atoms with Gasteiger partial charge in [0, 0.05) is 11.3 Å². The molecule has 0 spiro atoms. The van der Waals surface area contributed by atoms with Crippen LogP contribution in [0.2, 0.25) is 0 Å². The maximum atomic E-state index is 14.0. The lowest BCUT2D eigenvalue weighted by Gasteiger charge is -2.14. The van der Waals surface area contributed by atoms with Crippen molar-refractivity contribution in [2.45, 2.75) is 30.6 Å². The van der Waals surface area contributed by atoms with Crippen LogP contribution in [0.15, 0.2) is 82.6 Å². The van der Waals surface area contributed by atoms with Gasteiger partial charge in [-0.05, 0) is 44.0 Å². The first-order valence-corrected chi connectivity index (χ1v) is 12.7. The monoisotopic (exact) mass is 476 g/mol. The smallest absolute Gasteiger partial charge is 0.212 e. The predicted molar refractivity (Wildman–Crippen MR) is 134 cm³/mol. The topological polar surface area (TPSA) is 89.3 Å². The van der Waals surface area contributed by atoms with Crippen molar-refractivity contribution in [1.29, 1.82) is 0 Å². The van der Waals surface area contributed by atoms with Crippen molar-refractivity contribution in [3.63, 3.8) is 0 Å². The van der Waals surface area contributed by atoms with E-state index in [2.05, 4.69) is 5.32 Å². The lowest BCUT2D eigenvalue weighted by molar-refractivity contribution is 0.104. The standard InChI is InChI=1S/C26H24N2O3S2/c1-16-14-17(2)24(18(3)15-16)33(30,31)25-21(27)23(22(29)19-10-6-4-7-11-19)32-26(25)28-20-12-8-5-9-13-20/h4-15,28H,27H2,1-3H3. The Morgan fingerprint density at radius 1 is 0.848 bits per heavy atom. The van der Waals surface area contributed by atoms with Crippen LogP contribution >= 0.6 is 11.3 Å². The van der Waals surface area contributed by atoms with Gasteiger partial charge in [-0.25, -0.2) is 8.42 Å². The van der Waals surface area contributed by atoms with Crippen LogP contribution < -0.4 is 11.1 Å². The van der Waals surface area contributed by atoms with Crippen molar-refractivity contribution in [3.05, 3.63) is 99.9 Å². The average molecular weight is 477 g/mol. The van der Waals surface area contributed by atoms with Crippen molar-refractivity contribution in [1.82, 2.24) is 0 Å². The molecule has 1 aromatic heterocycles. The molecule has 33 heavy (non-hydrogen) atoms. The minimum absolute atomic E-state index is 0.0355. The summed E-state index contributed by atoms with van der Waals surface area (Å²) in [6.45, 7) is 5.47. The molecule has 0 atom stereocenters. The molecular formula is C26H24N2O3S2. The van der Waals surface area contributed by atoms with Crippen molar-refractivity contribution in [2.24, 2.45) is 0 Å². The molecule has 0 amide bonds. The summed E-state index contributed by atoms with van der Waals surface area (Å²) in [5.74, 6) is -0.312. The van der Waals surface area contributed by atoms with E-state index >= 15 is 0 Å². The quantitative estimate of drug-likeness (QED) is 0.330. The molecular weight excluding hydrogens is 452 g/mol. The number of aryl methyl sites for hydroxylation is 3. The van der Waals surface area contributed by atoms with E-state index in [0.717, 1.165) is 16.9 Å². The lowest BCUT2D eigenvalue weighted by Crippen LogP contribution is -2.11. The molecule has 4 rings (SSSR count). The Bertz CT molecular complexity index is 1420. The van der Waals surface area contributed by atoms with E-state index in [1.807, 2.05) is 55.5 Å². The minimum atomic E-state index is -4.02. The predicted octanol–water partition coefficient (Wildman–Crippen LogP) is 6.06. The first-order valence-electron chi connectivity index (χ1n) is 10.4. The number of benzene rings is 3. The van der Waals surface area contributed by atoms with E-state index in [1.54, 1.807) is 38.1 Å². The number of anilines is 3. The Hall–Kier alpha value is -3.42. The van der Waals surface area contributed by atoms with Gasteiger partial charge in [0.05, 0.1) is 10.6 Å². The highest BCUT2D eigenvalue weighted by molar-refractivity contribution is 7.92. The Balaban J connectivity index is 1.94. The Labute approximate surface area is 197 Å². The fraction of sp³-hybridized carbons (Fsp3) is 0.115. The number of ketones is 1. The van der Waals surface area contributed by atoms with E-state index < -0.39 is 9.84 Å². The number of nitrogen functional groups attached to an aromatic ring is 1. The van der Waals surface area contributed by atoms with Gasteiger partial charge in [0.2, 0.25) is 15.6 Å². The van der Waals surface area contributed by atoms with Crippen LogP contribution in [0.3, 0.4) is 0 Å². The van der Waals surface area contributed by atoms with Gasteiger partial charge in [-0.15, -0.1) is 11.3 Å². The van der Waals surface area contributed by atoms with Gasteiger partial charge in [-0.3, -0.25) is 4.79 Å². The number of rotatable bonds is 6. The molecule has 0 bridgehead atoms. The number of thiophene rings is 1. The first kappa shape index (κ1) is 22.8. The van der Waals surface area contributed by atoms with Crippen LogP contribution in [0, 0.1) is 20.8 Å². The van der Waals surface area contributed by atoms with E-state index in [4.69, 9.17) is 5.73 Å². The van der Waals surface area contributed by atoms with Gasteiger partial charge in [0.15, 0.2) is 0 Å². The molecule has 0 aliphatic rings. The molecule has 3 N–H and O–H groups in total. The van der Waals surface area contributed by atoms with Crippen molar-refractivity contribution in [3.8, 4) is 0 Å². The second-order valence-corrected chi connectivity index (χ2v) is 10.8. The average Bonchev–Trinajstić information content (AvgIpc) is 3.10. The number of carbonyl (C=O) groups excluding carboxylic acids is 1. The Morgan fingerprint density at radius 2 is 1.39 bits per heavy atom. The summed E-state index contributed by atoms with van der Waals surface area (Å²) in [5.41, 5.74) is 9.79. The van der Waals surface area contributed by atoms with Gasteiger partial charge in [-0.1, -0.05) is 66.2 Å². The van der Waals surface area contributed by atoms with E-state index in [0.29, 0.717) is 27.4 Å². The summed E-state index contributed by atoms with van der Waals surface area (Å²) < 4.78 is 27.9. The third-order valence-electron chi connectivity index (χ3n) is 5.32. The number of hydrogen-bond acceptors (Lipinski definition) is 6. The molecule has 168 valence electrons. The summed E-state index contributed by atoms with van der Waals surface area (Å²) in [4.78, 5) is 13.6. The normalized spacial score (nSPS) is 11.4. The summed E-state index contributed by atoms with van der Waals surface area (Å²) in [6, 6.07) is 21.6. The van der Waals surface area contributed by atoms with Crippen LogP contribution in [0.1, 0.15) is 31.9 Å². The molecule has 0 unspecified atom stereocenters. The van der Waals surface area contributed by atoms with Crippen molar-refractivity contribution < 1.29 is 13.2 Å². The second-order valence-electron chi connectivity index (χ2n) is 7.92. The molecule has 0 radical (unpaired) electrons. The SMILES string of the molecule is Cc1cc(C)c(S(=O)(=O)c2c(Nc3ccccc3)sc(C(=O)c3ccccc3)c2N)c(C)c1. The number of para-hydroxylation sites is 1. The molecule has 0 aliphatic carbocycles. The van der Waals surface area contributed by atoms with Gasteiger partial charge < -0.3 is 11.1 Å². The largest absolute Gasteiger partial charge is 0.396 e. The van der Waals surface area contributed by atoms with Gasteiger partial charge in [0.25, 0.3) is 0 Å².